The molecule has 1 saturated heterocycles. The van der Waals surface area contributed by atoms with Crippen molar-refractivity contribution in [3.05, 3.63) is 48.3 Å². The molecule has 1 atom stereocenters. The van der Waals surface area contributed by atoms with Gasteiger partial charge in [-0.3, -0.25) is 10.1 Å². The summed E-state index contributed by atoms with van der Waals surface area (Å²) in [4.78, 5) is 52.0. The molecule has 14 heteroatoms. The van der Waals surface area contributed by atoms with Crippen LogP contribution < -0.4 is 20.9 Å². The molecule has 1 aromatic carbocycles. The van der Waals surface area contributed by atoms with Crippen LogP contribution in [0.25, 0.3) is 17.2 Å². The number of rotatable bonds is 8. The highest BCUT2D eigenvalue weighted by atomic mass is 19.1. The van der Waals surface area contributed by atoms with Crippen molar-refractivity contribution >= 4 is 46.8 Å². The predicted molar refractivity (Wildman–Crippen MR) is 153 cm³/mol. The van der Waals surface area contributed by atoms with Crippen molar-refractivity contribution in [2.24, 2.45) is 0 Å². The molecule has 5 rings (SSSR count). The Labute approximate surface area is 241 Å². The number of imidazole rings is 1. The zero-order valence-corrected chi connectivity index (χ0v) is 23.6. The molecule has 4 N–H and O–H groups in total. The van der Waals surface area contributed by atoms with Gasteiger partial charge in [0.25, 0.3) is 0 Å². The minimum absolute atomic E-state index is 0.0221. The molecule has 3 aromatic rings. The minimum Gasteiger partial charge on any atom is -0.465 e. The van der Waals surface area contributed by atoms with E-state index in [1.54, 1.807) is 31.4 Å². The second-order valence-electron chi connectivity index (χ2n) is 11.5. The van der Waals surface area contributed by atoms with E-state index in [0.29, 0.717) is 29.9 Å². The topological polar surface area (TPSA) is 164 Å². The van der Waals surface area contributed by atoms with Crippen molar-refractivity contribution in [3.8, 4) is 0 Å². The summed E-state index contributed by atoms with van der Waals surface area (Å²) < 4.78 is 22.2. The molecule has 2 fully saturated rings. The van der Waals surface area contributed by atoms with E-state index in [0.717, 1.165) is 12.8 Å². The van der Waals surface area contributed by atoms with E-state index in [4.69, 9.17) is 9.84 Å². The molecule has 0 bridgehead atoms. The fourth-order valence-electron chi connectivity index (χ4n) is 5.08. The summed E-state index contributed by atoms with van der Waals surface area (Å²) in [5.41, 5.74) is -0.00761. The van der Waals surface area contributed by atoms with E-state index >= 15 is 4.39 Å². The molecule has 0 spiro atoms. The van der Waals surface area contributed by atoms with Crippen LogP contribution in [0.15, 0.2) is 31.4 Å². The fourth-order valence-corrected chi connectivity index (χ4v) is 5.08. The van der Waals surface area contributed by atoms with Crippen molar-refractivity contribution in [2.45, 2.75) is 63.8 Å². The van der Waals surface area contributed by atoms with Gasteiger partial charge in [-0.25, -0.2) is 28.9 Å². The van der Waals surface area contributed by atoms with Gasteiger partial charge in [0.05, 0.1) is 19.4 Å². The van der Waals surface area contributed by atoms with Crippen LogP contribution in [0.4, 0.5) is 25.5 Å². The van der Waals surface area contributed by atoms with Gasteiger partial charge < -0.3 is 29.9 Å². The zero-order chi connectivity index (χ0) is 30.2. The van der Waals surface area contributed by atoms with Crippen LogP contribution in [0, 0.1) is 5.82 Å². The third-order valence-electron chi connectivity index (χ3n) is 7.14. The first kappa shape index (κ1) is 28.8. The molecular weight excluding hydrogens is 547 g/mol. The van der Waals surface area contributed by atoms with Gasteiger partial charge in [-0.15, -0.1) is 0 Å². The van der Waals surface area contributed by atoms with Crippen LogP contribution in [0.1, 0.15) is 51.2 Å². The number of anilines is 2. The number of halogens is 1. The first-order chi connectivity index (χ1) is 19.9. The van der Waals surface area contributed by atoms with Crippen LogP contribution in [0.5, 0.6) is 0 Å². The number of ether oxygens (including phenoxy) is 1. The maximum atomic E-state index is 15.1. The van der Waals surface area contributed by atoms with Crippen LogP contribution in [-0.2, 0) is 16.1 Å². The van der Waals surface area contributed by atoms with Crippen LogP contribution in [0.3, 0.4) is 0 Å². The van der Waals surface area contributed by atoms with Crippen molar-refractivity contribution in [1.82, 2.24) is 30.2 Å². The predicted octanol–water partition coefficient (Wildman–Crippen LogP) is 3.50. The summed E-state index contributed by atoms with van der Waals surface area (Å²) in [7, 11) is 0. The van der Waals surface area contributed by atoms with Crippen LogP contribution in [-0.4, -0.2) is 73.0 Å². The third-order valence-corrected chi connectivity index (χ3v) is 7.14. The molecule has 0 radical (unpaired) electrons. The van der Waals surface area contributed by atoms with Crippen LogP contribution in [0.2, 0.25) is 0 Å². The van der Waals surface area contributed by atoms with E-state index in [2.05, 4.69) is 37.5 Å². The number of amides is 3. The van der Waals surface area contributed by atoms with Gasteiger partial charge >= 0.3 is 12.2 Å². The lowest BCUT2D eigenvalue weighted by atomic mass is 9.97. The van der Waals surface area contributed by atoms with Gasteiger partial charge in [-0.1, -0.05) is 12.7 Å². The van der Waals surface area contributed by atoms with E-state index in [1.165, 1.54) is 24.8 Å². The monoisotopic (exact) mass is 580 g/mol. The standard InChI is InChI=1S/C28H33FN8O5/c1-5-17-18(12-37-15-32-21-22(34-25(39)40)30-14-31-23(21)37)20(9-8-19(17)29)36-11-10-28(13-36,24(38)33-16-6-7-16)35-26(41)42-27(2,3)4/h5,8-9,14-16H,1,6-7,10-13H2,2-4H3,(H,33,38)(H,35,41)(H,39,40)(H,30,31,34). The lowest BCUT2D eigenvalue weighted by molar-refractivity contribution is -0.127. The quantitative estimate of drug-likeness (QED) is 0.312. The van der Waals surface area contributed by atoms with E-state index in [-0.39, 0.29) is 41.9 Å². The SMILES string of the molecule is C=Cc1c(F)ccc(N2CCC(NC(=O)OC(C)(C)C)(C(=O)NC3CC3)C2)c1Cn1cnc2c(NC(=O)O)ncnc21. The number of carbonyl (C=O) groups excluding carboxylic acids is 2. The van der Waals surface area contributed by atoms with Crippen molar-refractivity contribution in [3.63, 3.8) is 0 Å². The highest BCUT2D eigenvalue weighted by Gasteiger charge is 2.48. The fraction of sp³-hybridized carbons (Fsp3) is 0.429. The number of nitrogens with zero attached hydrogens (tertiary/aromatic N) is 5. The number of carbonyl (C=O) groups is 3. The smallest absolute Gasteiger partial charge is 0.410 e. The Kier molecular flexibility index (Phi) is 7.47. The van der Waals surface area contributed by atoms with Crippen molar-refractivity contribution < 1.29 is 28.6 Å². The van der Waals surface area contributed by atoms with E-state index in [1.807, 2.05) is 4.90 Å². The molecule has 1 unspecified atom stereocenters. The molecule has 222 valence electrons. The van der Waals surface area contributed by atoms with Crippen LogP contribution >= 0.6 is 0 Å². The second-order valence-corrected chi connectivity index (χ2v) is 11.5. The summed E-state index contributed by atoms with van der Waals surface area (Å²) in [5.74, 6) is -0.754. The van der Waals surface area contributed by atoms with Crippen molar-refractivity contribution in [1.29, 1.82) is 0 Å². The number of fused-ring (bicyclic) bond motifs is 1. The van der Waals surface area contributed by atoms with Crippen molar-refractivity contribution in [2.75, 3.05) is 23.3 Å². The van der Waals surface area contributed by atoms with Gasteiger partial charge in [0.1, 0.15) is 23.3 Å². The maximum Gasteiger partial charge on any atom is 0.410 e. The largest absolute Gasteiger partial charge is 0.465 e. The molecule has 2 aliphatic rings. The molecule has 3 heterocycles. The number of benzene rings is 1. The second kappa shape index (κ2) is 10.9. The number of aromatic nitrogens is 4. The van der Waals surface area contributed by atoms with Gasteiger partial charge in [0.15, 0.2) is 17.0 Å². The highest BCUT2D eigenvalue weighted by molar-refractivity contribution is 5.93. The first-order valence-corrected chi connectivity index (χ1v) is 13.6. The minimum atomic E-state index is -1.30. The molecule has 1 saturated carbocycles. The molecule has 1 aliphatic heterocycles. The number of hydrogen-bond acceptors (Lipinski definition) is 8. The lowest BCUT2D eigenvalue weighted by Crippen LogP contribution is -2.61. The summed E-state index contributed by atoms with van der Waals surface area (Å²) in [6, 6.07) is 3.05. The van der Waals surface area contributed by atoms with Gasteiger partial charge in [0, 0.05) is 29.4 Å². The Hall–Kier alpha value is -4.75. The van der Waals surface area contributed by atoms with E-state index < -0.39 is 29.1 Å². The molecule has 3 amide bonds. The molecule has 1 aliphatic carbocycles. The van der Waals surface area contributed by atoms with E-state index in [9.17, 15) is 14.4 Å². The Morgan fingerprint density at radius 1 is 1.24 bits per heavy atom. The summed E-state index contributed by atoms with van der Waals surface area (Å²) >= 11 is 0. The summed E-state index contributed by atoms with van der Waals surface area (Å²) in [6.45, 7) is 9.67. The summed E-state index contributed by atoms with van der Waals surface area (Å²) in [6.07, 6.45) is 4.17. The molecule has 42 heavy (non-hydrogen) atoms. The van der Waals surface area contributed by atoms with Gasteiger partial charge in [-0.05, 0) is 52.2 Å². The molecule has 13 nitrogen and oxygen atoms in total. The highest BCUT2D eigenvalue weighted by Crippen LogP contribution is 2.35. The number of alkyl carbamates (subject to hydrolysis) is 1. The Morgan fingerprint density at radius 3 is 2.67 bits per heavy atom. The summed E-state index contributed by atoms with van der Waals surface area (Å²) in [5, 5.41) is 17.2. The lowest BCUT2D eigenvalue weighted by Gasteiger charge is -2.32. The number of hydrogen-bond donors (Lipinski definition) is 4. The Balaban J connectivity index is 1.49. The van der Waals surface area contributed by atoms with Gasteiger partial charge in [0.2, 0.25) is 5.91 Å². The average Bonchev–Trinajstić information content (AvgIpc) is 3.46. The average molecular weight is 581 g/mol. The first-order valence-electron chi connectivity index (χ1n) is 13.6. The maximum absolute atomic E-state index is 15.1. The zero-order valence-electron chi connectivity index (χ0n) is 23.6. The number of nitrogens with one attached hydrogen (secondary N) is 3. The third kappa shape index (κ3) is 5.97. The number of carboxylic acid groups (broad SMARTS) is 1. The Morgan fingerprint density at radius 2 is 2.00 bits per heavy atom. The normalized spacial score (nSPS) is 18.5. The van der Waals surface area contributed by atoms with Gasteiger partial charge in [-0.2, -0.15) is 0 Å². The molecular formula is C28H33FN8O5. The molecule has 2 aromatic heterocycles. The Bertz CT molecular complexity index is 1560.